The number of nitrogens with zero attached hydrogens (tertiary/aromatic N) is 1. The third kappa shape index (κ3) is 2.70. The highest BCUT2D eigenvalue weighted by atomic mass is 16.3. The van der Waals surface area contributed by atoms with Crippen molar-refractivity contribution in [1.29, 1.82) is 0 Å². The van der Waals surface area contributed by atoms with Gasteiger partial charge in [-0.05, 0) is 42.2 Å². The zero-order chi connectivity index (χ0) is 19.7. The number of amides is 2. The summed E-state index contributed by atoms with van der Waals surface area (Å²) in [6.07, 6.45) is 5.63. The zero-order valence-corrected chi connectivity index (χ0v) is 15.2. The van der Waals surface area contributed by atoms with Crippen molar-refractivity contribution in [3.8, 4) is 0 Å². The number of rotatable bonds is 4. The van der Waals surface area contributed by atoms with Gasteiger partial charge < -0.3 is 21.1 Å². The molecular weight excluding hydrogens is 354 g/mol. The number of para-hydroxylation sites is 2. The van der Waals surface area contributed by atoms with Crippen molar-refractivity contribution >= 4 is 23.7 Å². The lowest BCUT2D eigenvalue weighted by Crippen LogP contribution is -2.65. The SMILES string of the molecule is NC(=O)C1=CC=CC(NC=O)(N2c3ccccc3CCc3ccccc32)C1O. The molecule has 28 heavy (non-hydrogen) atoms. The van der Waals surface area contributed by atoms with Gasteiger partial charge in [0.1, 0.15) is 6.10 Å². The molecule has 6 heteroatoms. The van der Waals surface area contributed by atoms with E-state index >= 15 is 0 Å². The number of nitrogens with one attached hydrogen (secondary N) is 1. The lowest BCUT2D eigenvalue weighted by molar-refractivity contribution is -0.117. The second-order valence-corrected chi connectivity index (χ2v) is 6.93. The summed E-state index contributed by atoms with van der Waals surface area (Å²) in [5.74, 6) is -0.731. The van der Waals surface area contributed by atoms with E-state index in [2.05, 4.69) is 5.32 Å². The normalized spacial score (nSPS) is 23.1. The molecule has 2 aromatic carbocycles. The van der Waals surface area contributed by atoms with Crippen LogP contribution in [-0.4, -0.2) is 29.2 Å². The largest absolute Gasteiger partial charge is 0.383 e. The standard InChI is InChI=1S/C22H21N3O3/c23-21(28)17-8-5-13-22(20(17)27,24-14-26)25-18-9-3-1-6-15(18)11-12-16-7-2-4-10-19(16)25/h1-10,13-14,20,27H,11-12H2,(H2,23,28)(H,24,26). The van der Waals surface area contributed by atoms with Gasteiger partial charge in [0.2, 0.25) is 12.3 Å². The van der Waals surface area contributed by atoms with E-state index in [0.29, 0.717) is 6.41 Å². The third-order valence-electron chi connectivity index (χ3n) is 5.41. The highest BCUT2D eigenvalue weighted by Gasteiger charge is 2.48. The Kier molecular flexibility index (Phi) is 4.49. The Morgan fingerprint density at radius 1 is 1.11 bits per heavy atom. The lowest BCUT2D eigenvalue weighted by atomic mass is 9.87. The number of aliphatic hydroxyl groups excluding tert-OH is 1. The lowest BCUT2D eigenvalue weighted by Gasteiger charge is -2.47. The number of anilines is 2. The zero-order valence-electron chi connectivity index (χ0n) is 15.2. The first kappa shape index (κ1) is 18.0. The van der Waals surface area contributed by atoms with Gasteiger partial charge in [0.15, 0.2) is 5.66 Å². The predicted octanol–water partition coefficient (Wildman–Crippen LogP) is 1.71. The van der Waals surface area contributed by atoms with E-state index in [4.69, 9.17) is 5.73 Å². The molecule has 0 saturated carbocycles. The predicted molar refractivity (Wildman–Crippen MR) is 107 cm³/mol. The number of allylic oxidation sites excluding steroid dienone is 2. The van der Waals surface area contributed by atoms with E-state index in [1.54, 1.807) is 12.2 Å². The summed E-state index contributed by atoms with van der Waals surface area (Å²) >= 11 is 0. The second-order valence-electron chi connectivity index (χ2n) is 6.93. The fourth-order valence-corrected chi connectivity index (χ4v) is 4.10. The molecule has 6 nitrogen and oxygen atoms in total. The summed E-state index contributed by atoms with van der Waals surface area (Å²) in [5, 5.41) is 14.0. The maximum absolute atomic E-state index is 11.9. The molecule has 0 saturated heterocycles. The van der Waals surface area contributed by atoms with Gasteiger partial charge in [-0.15, -0.1) is 0 Å². The van der Waals surface area contributed by atoms with Gasteiger partial charge in [-0.2, -0.15) is 0 Å². The van der Waals surface area contributed by atoms with Crippen molar-refractivity contribution in [2.24, 2.45) is 5.73 Å². The van der Waals surface area contributed by atoms with Crippen LogP contribution in [0.1, 0.15) is 11.1 Å². The Hall–Kier alpha value is -3.38. The maximum Gasteiger partial charge on any atom is 0.247 e. The number of carbonyl (C=O) groups excluding carboxylic acids is 2. The molecule has 2 unspecified atom stereocenters. The number of primary amides is 1. The van der Waals surface area contributed by atoms with Gasteiger partial charge >= 0.3 is 0 Å². The molecule has 0 aromatic heterocycles. The molecule has 0 bridgehead atoms. The average molecular weight is 375 g/mol. The highest BCUT2D eigenvalue weighted by Crippen LogP contribution is 2.43. The van der Waals surface area contributed by atoms with Gasteiger partial charge in [-0.1, -0.05) is 48.6 Å². The van der Waals surface area contributed by atoms with Crippen LogP contribution in [0.4, 0.5) is 11.4 Å². The molecule has 0 radical (unpaired) electrons. The summed E-state index contributed by atoms with van der Waals surface area (Å²) in [6.45, 7) is 0. The van der Waals surface area contributed by atoms with Gasteiger partial charge in [0.25, 0.3) is 0 Å². The summed E-state index contributed by atoms with van der Waals surface area (Å²) < 4.78 is 0. The number of hydrogen-bond donors (Lipinski definition) is 3. The van der Waals surface area contributed by atoms with E-state index < -0.39 is 17.7 Å². The summed E-state index contributed by atoms with van der Waals surface area (Å²) in [4.78, 5) is 25.5. The Labute approximate surface area is 163 Å². The van der Waals surface area contributed by atoms with Gasteiger partial charge in [0, 0.05) is 16.9 Å². The minimum atomic E-state index is -1.39. The van der Waals surface area contributed by atoms with Crippen LogP contribution in [-0.2, 0) is 22.4 Å². The molecule has 0 spiro atoms. The second kappa shape index (κ2) is 6.98. The molecular formula is C22H21N3O3. The number of fused-ring (bicyclic) bond motifs is 2. The van der Waals surface area contributed by atoms with E-state index in [9.17, 15) is 14.7 Å². The van der Waals surface area contributed by atoms with E-state index in [1.165, 1.54) is 6.08 Å². The number of hydrogen-bond acceptors (Lipinski definition) is 4. The molecule has 2 amide bonds. The number of carbonyl (C=O) groups is 2. The topological polar surface area (TPSA) is 95.7 Å². The van der Waals surface area contributed by atoms with Crippen LogP contribution in [0, 0.1) is 0 Å². The molecule has 1 heterocycles. The Bertz CT molecular complexity index is 951. The molecule has 2 aromatic rings. The molecule has 2 atom stereocenters. The van der Waals surface area contributed by atoms with Crippen molar-refractivity contribution < 1.29 is 14.7 Å². The average Bonchev–Trinajstić information content (AvgIpc) is 2.87. The molecule has 142 valence electrons. The van der Waals surface area contributed by atoms with Gasteiger partial charge in [-0.3, -0.25) is 9.59 Å². The summed E-state index contributed by atoms with van der Waals surface area (Å²) in [6, 6.07) is 15.7. The van der Waals surface area contributed by atoms with Gasteiger partial charge in [-0.25, -0.2) is 0 Å². The first-order valence-electron chi connectivity index (χ1n) is 9.13. The Balaban J connectivity index is 2.00. The number of aliphatic hydroxyl groups is 1. The monoisotopic (exact) mass is 375 g/mol. The van der Waals surface area contributed by atoms with Crippen molar-refractivity contribution in [2.75, 3.05) is 4.90 Å². The van der Waals surface area contributed by atoms with Crippen molar-refractivity contribution in [1.82, 2.24) is 5.32 Å². The molecule has 2 aliphatic rings. The van der Waals surface area contributed by atoms with Crippen LogP contribution in [0.3, 0.4) is 0 Å². The van der Waals surface area contributed by atoms with E-state index in [0.717, 1.165) is 35.3 Å². The quantitative estimate of drug-likeness (QED) is 0.709. The molecule has 4 rings (SSSR count). The minimum Gasteiger partial charge on any atom is -0.383 e. The summed E-state index contributed by atoms with van der Waals surface area (Å²) in [5.41, 5.74) is 8.02. The third-order valence-corrected chi connectivity index (χ3v) is 5.41. The van der Waals surface area contributed by atoms with Crippen molar-refractivity contribution in [3.05, 3.63) is 83.5 Å². The fourth-order valence-electron chi connectivity index (χ4n) is 4.10. The molecule has 4 N–H and O–H groups in total. The molecule has 1 aliphatic heterocycles. The van der Waals surface area contributed by atoms with Crippen LogP contribution in [0.25, 0.3) is 0 Å². The van der Waals surface area contributed by atoms with E-state index in [1.807, 2.05) is 53.4 Å². The number of aryl methyl sites for hydroxylation is 2. The van der Waals surface area contributed by atoms with Crippen molar-refractivity contribution in [3.63, 3.8) is 0 Å². The fraction of sp³-hybridized carbons (Fsp3) is 0.182. The van der Waals surface area contributed by atoms with Crippen LogP contribution < -0.4 is 16.0 Å². The number of benzene rings is 2. The summed E-state index contributed by atoms with van der Waals surface area (Å²) in [7, 11) is 0. The smallest absolute Gasteiger partial charge is 0.247 e. The first-order valence-corrected chi connectivity index (χ1v) is 9.13. The Morgan fingerprint density at radius 2 is 1.68 bits per heavy atom. The van der Waals surface area contributed by atoms with Crippen LogP contribution in [0.15, 0.2) is 72.3 Å². The minimum absolute atomic E-state index is 0.0380. The molecule has 1 aliphatic carbocycles. The van der Waals surface area contributed by atoms with Gasteiger partial charge in [0.05, 0.1) is 0 Å². The molecule has 0 fully saturated rings. The van der Waals surface area contributed by atoms with Crippen molar-refractivity contribution in [2.45, 2.75) is 24.6 Å². The van der Waals surface area contributed by atoms with E-state index in [-0.39, 0.29) is 5.57 Å². The van der Waals surface area contributed by atoms with Crippen LogP contribution >= 0.6 is 0 Å². The van der Waals surface area contributed by atoms with Crippen LogP contribution in [0.5, 0.6) is 0 Å². The Morgan fingerprint density at radius 3 is 2.21 bits per heavy atom. The maximum atomic E-state index is 11.9. The highest BCUT2D eigenvalue weighted by molar-refractivity contribution is 5.95. The number of nitrogens with two attached hydrogens (primary N) is 1. The van der Waals surface area contributed by atoms with Crippen LogP contribution in [0.2, 0.25) is 0 Å². The first-order chi connectivity index (χ1) is 13.6.